The van der Waals surface area contributed by atoms with Gasteiger partial charge in [-0.15, -0.1) is 0 Å². The molecule has 2 unspecified atom stereocenters. The highest BCUT2D eigenvalue weighted by Gasteiger charge is 2.65. The van der Waals surface area contributed by atoms with Crippen LogP contribution >= 0.6 is 0 Å². The largest absolute Gasteiger partial charge is 0.510 e. The molecule has 1 aromatic rings. The van der Waals surface area contributed by atoms with Crippen molar-refractivity contribution in [2.45, 2.75) is 102 Å². The van der Waals surface area contributed by atoms with Crippen molar-refractivity contribution in [3.8, 4) is 5.75 Å². The number of rotatable bonds is 13. The van der Waals surface area contributed by atoms with Gasteiger partial charge in [-0.25, -0.2) is 0 Å². The second-order valence-corrected chi connectivity index (χ2v) is 13.1. The number of aromatic hydroxyl groups is 1. The lowest BCUT2D eigenvalue weighted by molar-refractivity contribution is -0.117. The van der Waals surface area contributed by atoms with Crippen LogP contribution in [0, 0.1) is 17.2 Å². The molecule has 12 heteroatoms. The lowest BCUT2D eigenvalue weighted by atomic mass is 9.55. The molecule has 9 N–H and O–H groups in total. The van der Waals surface area contributed by atoms with Gasteiger partial charge in [0.2, 0.25) is 5.91 Å². The van der Waals surface area contributed by atoms with Crippen molar-refractivity contribution in [1.82, 2.24) is 4.90 Å². The lowest BCUT2D eigenvalue weighted by Gasteiger charge is -2.54. The summed E-state index contributed by atoms with van der Waals surface area (Å²) in [5.41, 5.74) is 0.734. The molecular formula is C34H48N4O8. The molecule has 0 saturated carbocycles. The van der Waals surface area contributed by atoms with E-state index in [2.05, 4.69) is 12.2 Å². The first-order valence-corrected chi connectivity index (χ1v) is 16.2. The number of phenols is 1. The van der Waals surface area contributed by atoms with Crippen LogP contribution in [0.5, 0.6) is 5.75 Å². The van der Waals surface area contributed by atoms with E-state index < -0.39 is 81.3 Å². The number of phenolic OH excluding ortho intramolecular Hbond substituents is 1. The SMILES string of the molecule is CCCCCCCCCCCC(=O)Nc1ccc2c(c1O)C(=O)C1=C(O)[C@]3(O)C(=N)C(C(N)=O)=C(O)[C@@H](N(C)C)C3[C@@H](O)C1[C@H]2C. The van der Waals surface area contributed by atoms with Gasteiger partial charge < -0.3 is 42.0 Å². The molecule has 0 spiro atoms. The number of likely N-dealkylation sites (N-methyl/N-ethyl adjacent to an activating group) is 1. The van der Waals surface area contributed by atoms with Crippen molar-refractivity contribution >= 4 is 29.0 Å². The number of carbonyl (C=O) groups excluding carboxylic acids is 3. The van der Waals surface area contributed by atoms with Crippen LogP contribution in [0.2, 0.25) is 0 Å². The zero-order valence-corrected chi connectivity index (χ0v) is 27.1. The zero-order chi connectivity index (χ0) is 34.1. The van der Waals surface area contributed by atoms with E-state index in [0.29, 0.717) is 12.0 Å². The van der Waals surface area contributed by atoms with Crippen LogP contribution in [0.4, 0.5) is 5.69 Å². The predicted molar refractivity (Wildman–Crippen MR) is 173 cm³/mol. The van der Waals surface area contributed by atoms with Gasteiger partial charge >= 0.3 is 0 Å². The minimum absolute atomic E-state index is 0.00802. The highest BCUT2D eigenvalue weighted by Crippen LogP contribution is 2.56. The third-order valence-electron chi connectivity index (χ3n) is 9.97. The summed E-state index contributed by atoms with van der Waals surface area (Å²) in [5, 5.41) is 68.8. The Morgan fingerprint density at radius 3 is 2.17 bits per heavy atom. The van der Waals surface area contributed by atoms with Gasteiger partial charge in [-0.1, -0.05) is 71.3 Å². The summed E-state index contributed by atoms with van der Waals surface area (Å²) in [6.45, 7) is 3.87. The minimum Gasteiger partial charge on any atom is -0.510 e. The molecule has 0 bridgehead atoms. The van der Waals surface area contributed by atoms with Crippen molar-refractivity contribution in [1.29, 1.82) is 5.41 Å². The molecule has 3 aliphatic carbocycles. The molecule has 3 aliphatic rings. The average Bonchev–Trinajstić information content (AvgIpc) is 2.99. The third-order valence-corrected chi connectivity index (χ3v) is 9.97. The van der Waals surface area contributed by atoms with E-state index in [-0.39, 0.29) is 23.6 Å². The van der Waals surface area contributed by atoms with Crippen molar-refractivity contribution in [3.05, 3.63) is 45.9 Å². The number of carbonyl (C=O) groups is 3. The number of aliphatic hydroxyl groups excluding tert-OH is 3. The number of ketones is 1. The number of nitrogens with two attached hydrogens (primary N) is 1. The number of nitrogens with one attached hydrogen (secondary N) is 2. The molecule has 12 nitrogen and oxygen atoms in total. The molecule has 0 radical (unpaired) electrons. The Hall–Kier alpha value is -3.74. The van der Waals surface area contributed by atoms with E-state index in [1.807, 2.05) is 0 Å². The van der Waals surface area contributed by atoms with Gasteiger partial charge in [0.15, 0.2) is 17.1 Å². The Morgan fingerprint density at radius 2 is 1.61 bits per heavy atom. The number of hydrogen-bond donors (Lipinski definition) is 8. The van der Waals surface area contributed by atoms with Gasteiger partial charge in [-0.3, -0.25) is 19.3 Å². The highest BCUT2D eigenvalue weighted by molar-refractivity contribution is 6.26. The fourth-order valence-corrected chi connectivity index (χ4v) is 7.58. The number of unbranched alkanes of at least 4 members (excludes halogenated alkanes) is 8. The maximum atomic E-state index is 14.0. The zero-order valence-electron chi connectivity index (χ0n) is 27.1. The van der Waals surface area contributed by atoms with Crippen molar-refractivity contribution < 1.29 is 39.9 Å². The van der Waals surface area contributed by atoms with Crippen LogP contribution in [-0.2, 0) is 9.59 Å². The molecule has 0 aromatic heterocycles. The summed E-state index contributed by atoms with van der Waals surface area (Å²) >= 11 is 0. The standard InChI is InChI=1S/C34H48N4O8/c1-5-6-7-8-9-10-11-12-13-14-20(39)37-19-16-15-18-17(2)21-23(28(41)22(18)27(19)40)32(44)34(46)25(29(21)42)26(38(3)4)30(43)24(31(34)35)33(36)45/h15-17,21,25-26,29,35,40,42-44,46H,5-14H2,1-4H3,(H2,36,45)(H,37,39)/t17-,21?,25?,26-,29-,34+/m0/s1. The van der Waals surface area contributed by atoms with Gasteiger partial charge in [0, 0.05) is 17.9 Å². The van der Waals surface area contributed by atoms with E-state index in [1.54, 1.807) is 13.0 Å². The van der Waals surface area contributed by atoms with E-state index in [4.69, 9.17) is 11.1 Å². The third kappa shape index (κ3) is 5.93. The maximum absolute atomic E-state index is 14.0. The summed E-state index contributed by atoms with van der Waals surface area (Å²) in [6.07, 6.45) is 8.53. The first-order valence-electron chi connectivity index (χ1n) is 16.2. The van der Waals surface area contributed by atoms with E-state index in [9.17, 15) is 39.9 Å². The number of anilines is 1. The Labute approximate surface area is 269 Å². The Bertz CT molecular complexity index is 1470. The van der Waals surface area contributed by atoms with Crippen LogP contribution in [-0.4, -0.2) is 85.6 Å². The maximum Gasteiger partial charge on any atom is 0.254 e. The molecule has 0 fully saturated rings. The number of primary amides is 1. The number of amides is 2. The quantitative estimate of drug-likeness (QED) is 0.115. The Balaban J connectivity index is 1.61. The Kier molecular flexibility index (Phi) is 10.6. The smallest absolute Gasteiger partial charge is 0.254 e. The van der Waals surface area contributed by atoms with Gasteiger partial charge in [-0.2, -0.15) is 0 Å². The molecule has 0 saturated heterocycles. The molecule has 46 heavy (non-hydrogen) atoms. The monoisotopic (exact) mass is 640 g/mol. The number of benzene rings is 1. The molecule has 2 amide bonds. The first-order chi connectivity index (χ1) is 21.7. The molecule has 0 heterocycles. The molecule has 0 aliphatic heterocycles. The number of Topliss-reactive ketones (excluding diaryl/α,β-unsaturated/α-hetero) is 1. The van der Waals surface area contributed by atoms with Gasteiger partial charge in [0.05, 0.1) is 35.0 Å². The molecular weight excluding hydrogens is 592 g/mol. The van der Waals surface area contributed by atoms with Gasteiger partial charge in [0.1, 0.15) is 17.1 Å². The number of fused-ring (bicyclic) bond motifs is 3. The van der Waals surface area contributed by atoms with Gasteiger partial charge in [-0.05, 0) is 38.1 Å². The van der Waals surface area contributed by atoms with Crippen molar-refractivity contribution in [2.24, 2.45) is 17.6 Å². The summed E-state index contributed by atoms with van der Waals surface area (Å²) in [4.78, 5) is 40.5. The lowest BCUT2D eigenvalue weighted by Crippen LogP contribution is -2.68. The van der Waals surface area contributed by atoms with E-state index in [1.165, 1.54) is 57.2 Å². The first kappa shape index (κ1) is 35.1. The molecule has 4 rings (SSSR count). The fraction of sp³-hybridized carbons (Fsp3) is 0.588. The minimum atomic E-state index is -2.76. The van der Waals surface area contributed by atoms with Crippen LogP contribution in [0.15, 0.2) is 34.8 Å². The van der Waals surface area contributed by atoms with Crippen molar-refractivity contribution in [3.63, 3.8) is 0 Å². The number of nitrogens with zero attached hydrogens (tertiary/aromatic N) is 1. The second-order valence-electron chi connectivity index (χ2n) is 13.1. The second kappa shape index (κ2) is 13.9. The number of aliphatic hydroxyl groups is 4. The normalized spacial score (nSPS) is 27.4. The summed E-state index contributed by atoms with van der Waals surface area (Å²) < 4.78 is 0. The fourth-order valence-electron chi connectivity index (χ4n) is 7.58. The van der Waals surface area contributed by atoms with E-state index >= 15 is 0 Å². The average molecular weight is 641 g/mol. The predicted octanol–water partition coefficient (Wildman–Crippen LogP) is 3.96. The summed E-state index contributed by atoms with van der Waals surface area (Å²) in [7, 11) is 3.04. The summed E-state index contributed by atoms with van der Waals surface area (Å²) in [5.74, 6) is -7.82. The van der Waals surface area contributed by atoms with Crippen LogP contribution in [0.1, 0.15) is 99.9 Å². The van der Waals surface area contributed by atoms with Crippen molar-refractivity contribution in [2.75, 3.05) is 19.4 Å². The molecule has 252 valence electrons. The highest BCUT2D eigenvalue weighted by atomic mass is 16.3. The van der Waals surface area contributed by atoms with Gasteiger partial charge in [0.25, 0.3) is 5.91 Å². The molecule has 6 atom stereocenters. The van der Waals surface area contributed by atoms with Crippen LogP contribution in [0.3, 0.4) is 0 Å². The Morgan fingerprint density at radius 1 is 1.02 bits per heavy atom. The number of hydrogen-bond acceptors (Lipinski definition) is 10. The van der Waals surface area contributed by atoms with Crippen LogP contribution in [0.25, 0.3) is 0 Å². The topological polar surface area (TPSA) is 218 Å². The molecule has 1 aromatic carbocycles. The van der Waals surface area contributed by atoms with Crippen LogP contribution < -0.4 is 11.1 Å². The summed E-state index contributed by atoms with van der Waals surface area (Å²) in [6, 6.07) is 1.81. The van der Waals surface area contributed by atoms with E-state index in [0.717, 1.165) is 19.3 Å².